The van der Waals surface area contributed by atoms with E-state index in [1.54, 1.807) is 5.54 Å². The highest BCUT2D eigenvalue weighted by Crippen LogP contribution is 2.40. The van der Waals surface area contributed by atoms with Gasteiger partial charge >= 0.3 is 0 Å². The molecule has 0 aliphatic rings. The van der Waals surface area contributed by atoms with Gasteiger partial charge in [-0.15, -0.1) is 0 Å². The lowest BCUT2D eigenvalue weighted by atomic mass is 9.97. The topological polar surface area (TPSA) is 9.23 Å². The van der Waals surface area contributed by atoms with Crippen molar-refractivity contribution >= 4 is 19.9 Å². The van der Waals surface area contributed by atoms with Crippen molar-refractivity contribution in [1.29, 1.82) is 0 Å². The molecule has 0 amide bonds. The van der Waals surface area contributed by atoms with E-state index in [1.807, 2.05) is 0 Å². The summed E-state index contributed by atoms with van der Waals surface area (Å²) in [5, 5.41) is 0.277. The lowest BCUT2D eigenvalue weighted by Gasteiger charge is -2.43. The summed E-state index contributed by atoms with van der Waals surface area (Å²) >= 11 is 5.60. The van der Waals surface area contributed by atoms with Crippen molar-refractivity contribution in [2.75, 3.05) is 0 Å². The summed E-state index contributed by atoms with van der Waals surface area (Å²) < 4.78 is 6.53. The van der Waals surface area contributed by atoms with Gasteiger partial charge < -0.3 is 4.43 Å². The molecule has 1 atom stereocenters. The minimum atomic E-state index is -1.67. The quantitative estimate of drug-likeness (QED) is 0.498. The fourth-order valence-corrected chi connectivity index (χ4v) is 4.00. The van der Waals surface area contributed by atoms with Crippen molar-refractivity contribution < 1.29 is 4.43 Å². The van der Waals surface area contributed by atoms with Gasteiger partial charge in [-0.25, -0.2) is 0 Å². The Kier molecular flexibility index (Phi) is 7.36. The highest BCUT2D eigenvalue weighted by atomic mass is 35.5. The van der Waals surface area contributed by atoms with Crippen molar-refractivity contribution in [2.24, 2.45) is 5.92 Å². The molecule has 0 spiro atoms. The Balaban J connectivity index is 4.33. The summed E-state index contributed by atoms with van der Waals surface area (Å²) in [5.41, 5.74) is 1.61. The molecular formula is C16H33ClOSi. The standard InChI is InChI=1S/C16H33ClOSi/c1-14(11-13-17)10-9-12-16(5,6)18-19(7,8)15(2,3)4/h11,13-14H,9-10,12H2,1-8H3/b13-11+. The van der Waals surface area contributed by atoms with Crippen LogP contribution in [0.25, 0.3) is 0 Å². The molecule has 0 rings (SSSR count). The monoisotopic (exact) mass is 304 g/mol. The van der Waals surface area contributed by atoms with E-state index in [2.05, 4.69) is 60.7 Å². The zero-order valence-electron chi connectivity index (χ0n) is 14.1. The van der Waals surface area contributed by atoms with Crippen molar-refractivity contribution in [3.8, 4) is 0 Å². The van der Waals surface area contributed by atoms with Gasteiger partial charge in [0.15, 0.2) is 8.32 Å². The highest BCUT2D eigenvalue weighted by Gasteiger charge is 2.41. The second-order valence-electron chi connectivity index (χ2n) is 7.81. The van der Waals surface area contributed by atoms with Gasteiger partial charge in [0.25, 0.3) is 0 Å². The first-order valence-electron chi connectivity index (χ1n) is 7.38. The number of hydrogen-bond donors (Lipinski definition) is 0. The van der Waals surface area contributed by atoms with Crippen molar-refractivity contribution in [2.45, 2.75) is 84.5 Å². The predicted octanol–water partition coefficient (Wildman–Crippen LogP) is 6.35. The van der Waals surface area contributed by atoms with Gasteiger partial charge in [-0.1, -0.05) is 51.8 Å². The predicted molar refractivity (Wildman–Crippen MR) is 90.4 cm³/mol. The van der Waals surface area contributed by atoms with Gasteiger partial charge in [0, 0.05) is 5.54 Å². The summed E-state index contributed by atoms with van der Waals surface area (Å²) in [6.45, 7) is 18.2. The lowest BCUT2D eigenvalue weighted by molar-refractivity contribution is 0.0788. The molecule has 114 valence electrons. The van der Waals surface area contributed by atoms with Crippen LogP contribution in [0.4, 0.5) is 0 Å². The minimum absolute atomic E-state index is 0.0204. The molecule has 19 heavy (non-hydrogen) atoms. The second-order valence-corrected chi connectivity index (χ2v) is 12.8. The highest BCUT2D eigenvalue weighted by molar-refractivity contribution is 6.74. The van der Waals surface area contributed by atoms with Crippen LogP contribution in [-0.4, -0.2) is 13.9 Å². The molecule has 0 aliphatic carbocycles. The third-order valence-electron chi connectivity index (χ3n) is 4.18. The van der Waals surface area contributed by atoms with E-state index in [0.717, 1.165) is 6.42 Å². The molecule has 0 bridgehead atoms. The molecule has 0 radical (unpaired) electrons. The first-order valence-corrected chi connectivity index (χ1v) is 10.7. The molecule has 0 aromatic rings. The van der Waals surface area contributed by atoms with E-state index < -0.39 is 8.32 Å². The molecular weight excluding hydrogens is 272 g/mol. The molecule has 1 nitrogen and oxygen atoms in total. The maximum atomic E-state index is 6.53. The number of hydrogen-bond acceptors (Lipinski definition) is 1. The van der Waals surface area contributed by atoms with Crippen LogP contribution in [0.15, 0.2) is 11.6 Å². The minimum Gasteiger partial charge on any atom is -0.412 e. The van der Waals surface area contributed by atoms with E-state index in [0.29, 0.717) is 5.92 Å². The maximum absolute atomic E-state index is 6.53. The average Bonchev–Trinajstić information content (AvgIpc) is 2.13. The normalized spacial score (nSPS) is 16.1. The molecule has 0 aliphatic heterocycles. The second kappa shape index (κ2) is 7.28. The molecule has 0 aromatic heterocycles. The SMILES string of the molecule is CC(/C=C/Cl)CCCC(C)(C)O[Si](C)(C)C(C)(C)C. The zero-order valence-corrected chi connectivity index (χ0v) is 15.9. The fourth-order valence-electron chi connectivity index (χ4n) is 1.97. The van der Waals surface area contributed by atoms with Crippen LogP contribution < -0.4 is 0 Å². The number of allylic oxidation sites excluding steroid dienone is 1. The van der Waals surface area contributed by atoms with Gasteiger partial charge in [0.05, 0.1) is 5.60 Å². The third kappa shape index (κ3) is 7.53. The summed E-state index contributed by atoms with van der Waals surface area (Å²) in [6, 6.07) is 0. The van der Waals surface area contributed by atoms with E-state index in [1.165, 1.54) is 12.8 Å². The van der Waals surface area contributed by atoms with Crippen LogP contribution in [0.5, 0.6) is 0 Å². The van der Waals surface area contributed by atoms with E-state index in [-0.39, 0.29) is 10.6 Å². The Labute approximate surface area is 126 Å². The van der Waals surface area contributed by atoms with Crippen molar-refractivity contribution in [3.05, 3.63) is 11.6 Å². The number of halogens is 1. The molecule has 0 saturated carbocycles. The van der Waals surface area contributed by atoms with E-state index in [4.69, 9.17) is 16.0 Å². The van der Waals surface area contributed by atoms with Crippen LogP contribution in [0, 0.1) is 5.92 Å². The van der Waals surface area contributed by atoms with E-state index >= 15 is 0 Å². The molecule has 0 saturated heterocycles. The molecule has 1 unspecified atom stereocenters. The molecule has 0 N–H and O–H groups in total. The van der Waals surface area contributed by atoms with Crippen LogP contribution >= 0.6 is 11.6 Å². The molecule has 0 aromatic carbocycles. The van der Waals surface area contributed by atoms with Gasteiger partial charge in [0.2, 0.25) is 0 Å². The third-order valence-corrected chi connectivity index (χ3v) is 9.00. The summed E-state index contributed by atoms with van der Waals surface area (Å²) in [4.78, 5) is 0. The Morgan fingerprint density at radius 1 is 1.16 bits per heavy atom. The zero-order chi connectivity index (χ0) is 15.3. The van der Waals surface area contributed by atoms with Crippen LogP contribution in [-0.2, 0) is 4.43 Å². The van der Waals surface area contributed by atoms with Crippen LogP contribution in [0.1, 0.15) is 60.8 Å². The van der Waals surface area contributed by atoms with E-state index in [9.17, 15) is 0 Å². The molecule has 3 heteroatoms. The van der Waals surface area contributed by atoms with Gasteiger partial charge in [-0.05, 0) is 50.7 Å². The molecule has 0 fully saturated rings. The summed E-state index contributed by atoms with van der Waals surface area (Å²) in [7, 11) is -1.67. The largest absolute Gasteiger partial charge is 0.412 e. The van der Waals surface area contributed by atoms with Gasteiger partial charge in [0.1, 0.15) is 0 Å². The van der Waals surface area contributed by atoms with Crippen LogP contribution in [0.2, 0.25) is 18.1 Å². The van der Waals surface area contributed by atoms with Gasteiger partial charge in [-0.3, -0.25) is 0 Å². The Morgan fingerprint density at radius 2 is 1.68 bits per heavy atom. The average molecular weight is 305 g/mol. The fraction of sp³-hybridized carbons (Fsp3) is 0.875. The Hall–Kier alpha value is 0.207. The van der Waals surface area contributed by atoms with Gasteiger partial charge in [-0.2, -0.15) is 0 Å². The Morgan fingerprint density at radius 3 is 2.11 bits per heavy atom. The Bertz CT molecular complexity index is 290. The maximum Gasteiger partial charge on any atom is 0.192 e. The first-order chi connectivity index (χ1) is 8.41. The van der Waals surface area contributed by atoms with Crippen molar-refractivity contribution in [1.82, 2.24) is 0 Å². The summed E-state index contributed by atoms with van der Waals surface area (Å²) in [6.07, 6.45) is 5.53. The first kappa shape index (κ1) is 19.2. The van der Waals surface area contributed by atoms with Crippen LogP contribution in [0.3, 0.4) is 0 Å². The summed E-state index contributed by atoms with van der Waals surface area (Å²) in [5.74, 6) is 0.557. The number of rotatable bonds is 7. The van der Waals surface area contributed by atoms with Crippen molar-refractivity contribution in [3.63, 3.8) is 0 Å². The lowest BCUT2D eigenvalue weighted by Crippen LogP contribution is -2.47. The smallest absolute Gasteiger partial charge is 0.192 e. The molecule has 0 heterocycles.